The molecule has 88 valence electrons. The van der Waals surface area contributed by atoms with Crippen molar-refractivity contribution in [2.24, 2.45) is 0 Å². The van der Waals surface area contributed by atoms with Crippen molar-refractivity contribution in [2.45, 2.75) is 13.8 Å². The van der Waals surface area contributed by atoms with Crippen LogP contribution in [0.3, 0.4) is 0 Å². The van der Waals surface area contributed by atoms with E-state index in [1.807, 2.05) is 19.9 Å². The minimum atomic E-state index is -0.537. The molecule has 2 rings (SSSR count). The summed E-state index contributed by atoms with van der Waals surface area (Å²) in [6.45, 7) is 3.89. The third kappa shape index (κ3) is 1.82. The highest BCUT2D eigenvalue weighted by Gasteiger charge is 2.11. The van der Waals surface area contributed by atoms with Crippen LogP contribution in [0.5, 0.6) is 0 Å². The summed E-state index contributed by atoms with van der Waals surface area (Å²) in [5.41, 5.74) is 1.99. The van der Waals surface area contributed by atoms with Gasteiger partial charge in [0.2, 0.25) is 0 Å². The molecule has 0 spiro atoms. The molecular formula is C13H13NO3. The van der Waals surface area contributed by atoms with E-state index < -0.39 is 5.97 Å². The second-order valence-electron chi connectivity index (χ2n) is 3.97. The van der Waals surface area contributed by atoms with Gasteiger partial charge in [-0.3, -0.25) is 4.79 Å². The first kappa shape index (κ1) is 11.4. The van der Waals surface area contributed by atoms with E-state index in [1.54, 1.807) is 12.1 Å². The smallest absolute Gasteiger partial charge is 0.354 e. The van der Waals surface area contributed by atoms with Crippen molar-refractivity contribution < 1.29 is 9.53 Å². The van der Waals surface area contributed by atoms with Crippen LogP contribution in [0, 0.1) is 13.8 Å². The number of carbonyl (C=O) groups excluding carboxylic acids is 1. The number of nitrogens with one attached hydrogen (secondary N) is 1. The molecule has 0 saturated carbocycles. The zero-order valence-electron chi connectivity index (χ0n) is 9.96. The van der Waals surface area contributed by atoms with Gasteiger partial charge in [0.1, 0.15) is 5.69 Å². The molecule has 0 radical (unpaired) electrons. The maximum atomic E-state index is 11.8. The van der Waals surface area contributed by atoms with Crippen LogP contribution in [0.15, 0.2) is 23.0 Å². The Kier molecular flexibility index (Phi) is 2.71. The fourth-order valence-electron chi connectivity index (χ4n) is 1.81. The standard InChI is InChI=1S/C13H13NO3/c1-7-4-5-9-10(8(7)2)6-11(13(16)17-3)14-12(9)15/h4-6H,1-3H3,(H,14,15). The first-order chi connectivity index (χ1) is 8.04. The summed E-state index contributed by atoms with van der Waals surface area (Å²) >= 11 is 0. The number of aryl methyl sites for hydroxylation is 2. The van der Waals surface area contributed by atoms with Crippen molar-refractivity contribution in [3.05, 3.63) is 45.4 Å². The minimum absolute atomic E-state index is 0.179. The van der Waals surface area contributed by atoms with Gasteiger partial charge in [0.15, 0.2) is 0 Å². The van der Waals surface area contributed by atoms with Gasteiger partial charge in [0.05, 0.1) is 7.11 Å². The number of hydrogen-bond donors (Lipinski definition) is 1. The number of hydrogen-bond acceptors (Lipinski definition) is 3. The molecule has 1 aromatic heterocycles. The van der Waals surface area contributed by atoms with E-state index in [9.17, 15) is 9.59 Å². The van der Waals surface area contributed by atoms with Crippen molar-refractivity contribution in [3.63, 3.8) is 0 Å². The number of rotatable bonds is 1. The number of ether oxygens (including phenoxy) is 1. The van der Waals surface area contributed by atoms with Crippen molar-refractivity contribution in [1.82, 2.24) is 4.98 Å². The Hall–Kier alpha value is -2.10. The molecule has 2 aromatic rings. The molecule has 0 saturated heterocycles. The molecule has 0 bridgehead atoms. The van der Waals surface area contributed by atoms with Crippen LogP contribution >= 0.6 is 0 Å². The predicted molar refractivity (Wildman–Crippen MR) is 65.4 cm³/mol. The maximum Gasteiger partial charge on any atom is 0.354 e. The van der Waals surface area contributed by atoms with Crippen molar-refractivity contribution >= 4 is 16.7 Å². The fourth-order valence-corrected chi connectivity index (χ4v) is 1.81. The SMILES string of the molecule is COC(=O)c1cc2c(C)c(C)ccc2c(=O)[nH]1. The third-order valence-corrected chi connectivity index (χ3v) is 2.97. The highest BCUT2D eigenvalue weighted by Crippen LogP contribution is 2.19. The molecular weight excluding hydrogens is 218 g/mol. The van der Waals surface area contributed by atoms with Gasteiger partial charge in [-0.1, -0.05) is 6.07 Å². The molecule has 0 unspecified atom stereocenters. The topological polar surface area (TPSA) is 59.2 Å². The Balaban J connectivity index is 2.84. The van der Waals surface area contributed by atoms with Gasteiger partial charge in [-0.2, -0.15) is 0 Å². The zero-order chi connectivity index (χ0) is 12.6. The molecule has 0 fully saturated rings. The third-order valence-electron chi connectivity index (χ3n) is 2.97. The van der Waals surface area contributed by atoms with Gasteiger partial charge in [-0.25, -0.2) is 4.79 Å². The highest BCUT2D eigenvalue weighted by molar-refractivity contribution is 5.94. The fraction of sp³-hybridized carbons (Fsp3) is 0.231. The Morgan fingerprint density at radius 2 is 1.94 bits per heavy atom. The van der Waals surface area contributed by atoms with Crippen LogP contribution < -0.4 is 5.56 Å². The van der Waals surface area contributed by atoms with E-state index in [0.717, 1.165) is 16.5 Å². The monoisotopic (exact) mass is 231 g/mol. The minimum Gasteiger partial charge on any atom is -0.464 e. The Morgan fingerprint density at radius 1 is 1.24 bits per heavy atom. The summed E-state index contributed by atoms with van der Waals surface area (Å²) in [5, 5.41) is 1.37. The van der Waals surface area contributed by atoms with E-state index in [-0.39, 0.29) is 11.3 Å². The Morgan fingerprint density at radius 3 is 2.59 bits per heavy atom. The van der Waals surface area contributed by atoms with Crippen LogP contribution in [0.2, 0.25) is 0 Å². The van der Waals surface area contributed by atoms with Gasteiger partial charge in [-0.05, 0) is 42.5 Å². The summed E-state index contributed by atoms with van der Waals surface area (Å²) < 4.78 is 4.60. The number of carbonyl (C=O) groups is 1. The van der Waals surface area contributed by atoms with Crippen LogP contribution in [0.1, 0.15) is 21.6 Å². The van der Waals surface area contributed by atoms with Gasteiger partial charge >= 0.3 is 5.97 Å². The van der Waals surface area contributed by atoms with E-state index in [0.29, 0.717) is 5.39 Å². The largest absolute Gasteiger partial charge is 0.464 e. The number of pyridine rings is 1. The quantitative estimate of drug-likeness (QED) is 0.763. The van der Waals surface area contributed by atoms with Crippen LogP contribution in [-0.4, -0.2) is 18.1 Å². The lowest BCUT2D eigenvalue weighted by Crippen LogP contribution is -2.14. The van der Waals surface area contributed by atoms with E-state index in [2.05, 4.69) is 9.72 Å². The molecule has 0 aliphatic carbocycles. The van der Waals surface area contributed by atoms with Crippen molar-refractivity contribution in [3.8, 4) is 0 Å². The number of benzene rings is 1. The number of aromatic amines is 1. The average molecular weight is 231 g/mol. The van der Waals surface area contributed by atoms with Gasteiger partial charge in [0.25, 0.3) is 5.56 Å². The van der Waals surface area contributed by atoms with Crippen LogP contribution in [-0.2, 0) is 4.74 Å². The molecule has 1 aromatic carbocycles. The average Bonchev–Trinajstić information content (AvgIpc) is 2.33. The summed E-state index contributed by atoms with van der Waals surface area (Å²) in [7, 11) is 1.29. The molecule has 0 atom stereocenters. The molecule has 1 heterocycles. The number of fused-ring (bicyclic) bond motifs is 1. The van der Waals surface area contributed by atoms with Gasteiger partial charge in [-0.15, -0.1) is 0 Å². The lowest BCUT2D eigenvalue weighted by Gasteiger charge is -2.06. The highest BCUT2D eigenvalue weighted by atomic mass is 16.5. The molecule has 0 aliphatic rings. The molecule has 1 N–H and O–H groups in total. The number of aromatic nitrogens is 1. The summed E-state index contributed by atoms with van der Waals surface area (Å²) in [5.74, 6) is -0.537. The van der Waals surface area contributed by atoms with E-state index in [4.69, 9.17) is 0 Å². The van der Waals surface area contributed by atoms with E-state index in [1.165, 1.54) is 7.11 Å². The summed E-state index contributed by atoms with van der Waals surface area (Å²) in [6, 6.07) is 5.31. The van der Waals surface area contributed by atoms with Crippen LogP contribution in [0.4, 0.5) is 0 Å². The summed E-state index contributed by atoms with van der Waals surface area (Å²) in [6.07, 6.45) is 0. The van der Waals surface area contributed by atoms with E-state index >= 15 is 0 Å². The normalized spacial score (nSPS) is 10.5. The zero-order valence-corrected chi connectivity index (χ0v) is 9.96. The van der Waals surface area contributed by atoms with Crippen molar-refractivity contribution in [2.75, 3.05) is 7.11 Å². The van der Waals surface area contributed by atoms with Crippen molar-refractivity contribution in [1.29, 1.82) is 0 Å². The Bertz CT molecular complexity index is 655. The number of esters is 1. The second kappa shape index (κ2) is 4.05. The summed E-state index contributed by atoms with van der Waals surface area (Å²) in [4.78, 5) is 25.8. The molecule has 0 amide bonds. The maximum absolute atomic E-state index is 11.8. The first-order valence-electron chi connectivity index (χ1n) is 5.26. The molecule has 4 nitrogen and oxygen atoms in total. The lowest BCUT2D eigenvalue weighted by atomic mass is 10.0. The van der Waals surface area contributed by atoms with Gasteiger partial charge < -0.3 is 9.72 Å². The first-order valence-corrected chi connectivity index (χ1v) is 5.26. The van der Waals surface area contributed by atoms with Gasteiger partial charge in [0, 0.05) is 5.39 Å². The number of H-pyrrole nitrogens is 1. The number of methoxy groups -OCH3 is 1. The van der Waals surface area contributed by atoms with Crippen LogP contribution in [0.25, 0.3) is 10.8 Å². The molecule has 17 heavy (non-hydrogen) atoms. The second-order valence-corrected chi connectivity index (χ2v) is 3.97. The molecule has 0 aliphatic heterocycles. The predicted octanol–water partition coefficient (Wildman–Crippen LogP) is 1.93. The molecule has 4 heteroatoms. The lowest BCUT2D eigenvalue weighted by molar-refractivity contribution is 0.0594. The Labute approximate surface area is 98.2 Å².